The van der Waals surface area contributed by atoms with Crippen molar-refractivity contribution in [2.24, 2.45) is 0 Å². The Balaban J connectivity index is 2.68. The molecule has 28 heavy (non-hydrogen) atoms. The van der Waals surface area contributed by atoms with Crippen molar-refractivity contribution in [2.45, 2.75) is 39.7 Å². The molecular formula is C20H20Cl2N2O4. The van der Waals surface area contributed by atoms with E-state index < -0.39 is 17.2 Å². The van der Waals surface area contributed by atoms with Gasteiger partial charge in [-0.2, -0.15) is 5.26 Å². The van der Waals surface area contributed by atoms with Crippen molar-refractivity contribution in [3.63, 3.8) is 0 Å². The van der Waals surface area contributed by atoms with Gasteiger partial charge in [-0.25, -0.2) is 0 Å². The molecule has 0 aliphatic carbocycles. The first-order valence-corrected chi connectivity index (χ1v) is 9.48. The molecule has 0 aliphatic heterocycles. The van der Waals surface area contributed by atoms with Gasteiger partial charge in [-0.15, -0.1) is 0 Å². The van der Waals surface area contributed by atoms with E-state index in [4.69, 9.17) is 27.9 Å². The molecule has 0 radical (unpaired) electrons. The molecule has 1 aromatic heterocycles. The third-order valence-electron chi connectivity index (χ3n) is 4.48. The van der Waals surface area contributed by atoms with Crippen LogP contribution in [-0.2, 0) is 6.54 Å². The van der Waals surface area contributed by atoms with E-state index in [1.54, 1.807) is 0 Å². The van der Waals surface area contributed by atoms with E-state index in [1.165, 1.54) is 26.2 Å². The molecule has 0 saturated heterocycles. The van der Waals surface area contributed by atoms with Crippen molar-refractivity contribution in [3.8, 4) is 17.7 Å². The third kappa shape index (κ3) is 4.01. The van der Waals surface area contributed by atoms with Crippen LogP contribution in [0.25, 0.3) is 0 Å². The molecule has 1 aromatic carbocycles. The molecule has 0 atom stereocenters. The summed E-state index contributed by atoms with van der Waals surface area (Å²) < 4.78 is 6.15. The predicted octanol–water partition coefficient (Wildman–Crippen LogP) is 4.47. The summed E-state index contributed by atoms with van der Waals surface area (Å²) >= 11 is 12.2. The molecule has 8 heteroatoms. The molecule has 1 N–H and O–H groups in total. The number of ether oxygens (including phenoxy) is 1. The highest BCUT2D eigenvalue weighted by atomic mass is 35.5. The third-order valence-corrected chi connectivity index (χ3v) is 5.04. The minimum Gasteiger partial charge on any atom is -0.494 e. The summed E-state index contributed by atoms with van der Waals surface area (Å²) in [4.78, 5) is 25.7. The summed E-state index contributed by atoms with van der Waals surface area (Å²) in [6, 6.07) is 4.57. The minimum atomic E-state index is -0.615. The minimum absolute atomic E-state index is 0.108. The molecule has 2 aromatic rings. The normalized spacial score (nSPS) is 10.6. The van der Waals surface area contributed by atoms with Gasteiger partial charge >= 0.3 is 0 Å². The number of hydrogen-bond donors (Lipinski definition) is 1. The average Bonchev–Trinajstić information content (AvgIpc) is 2.64. The molecular weight excluding hydrogens is 403 g/mol. The van der Waals surface area contributed by atoms with Gasteiger partial charge in [-0.3, -0.25) is 14.2 Å². The zero-order valence-corrected chi connectivity index (χ0v) is 17.3. The predicted molar refractivity (Wildman–Crippen MR) is 108 cm³/mol. The van der Waals surface area contributed by atoms with Crippen LogP contribution in [0.15, 0.2) is 16.9 Å². The lowest BCUT2D eigenvalue weighted by Crippen LogP contribution is -2.27. The summed E-state index contributed by atoms with van der Waals surface area (Å²) in [5.41, 5.74) is -0.689. The maximum absolute atomic E-state index is 13.1. The van der Waals surface area contributed by atoms with Crippen LogP contribution < -0.4 is 10.3 Å². The van der Waals surface area contributed by atoms with Crippen LogP contribution in [-0.4, -0.2) is 22.6 Å². The van der Waals surface area contributed by atoms with Crippen LogP contribution >= 0.6 is 23.2 Å². The van der Waals surface area contributed by atoms with E-state index in [-0.39, 0.29) is 44.6 Å². The lowest BCUT2D eigenvalue weighted by molar-refractivity contribution is 0.103. The van der Waals surface area contributed by atoms with Gasteiger partial charge in [-0.1, -0.05) is 43.0 Å². The van der Waals surface area contributed by atoms with Crippen molar-refractivity contribution in [2.75, 3.05) is 7.11 Å². The number of aromatic hydroxyl groups is 1. The number of aromatic nitrogens is 1. The zero-order valence-electron chi connectivity index (χ0n) is 15.8. The Morgan fingerprint density at radius 2 is 1.89 bits per heavy atom. The van der Waals surface area contributed by atoms with Gasteiger partial charge in [0.2, 0.25) is 5.88 Å². The number of benzene rings is 1. The lowest BCUT2D eigenvalue weighted by atomic mass is 9.97. The highest BCUT2D eigenvalue weighted by Gasteiger charge is 2.26. The standard InChI is InChI=1S/C20H20Cl2N2O4/c1-4-5-6-7-24-19(26)13(10-23)11(2)16(20(24)27)17(25)12-8-14(21)18(28-3)15(22)9-12/h8-9,27H,4-7H2,1-3H3. The monoisotopic (exact) mass is 422 g/mol. The van der Waals surface area contributed by atoms with Crippen molar-refractivity contribution >= 4 is 29.0 Å². The van der Waals surface area contributed by atoms with Gasteiger partial charge in [-0.05, 0) is 31.0 Å². The number of nitrogens with zero attached hydrogens (tertiary/aromatic N) is 2. The van der Waals surface area contributed by atoms with Gasteiger partial charge in [0, 0.05) is 12.1 Å². The Bertz CT molecular complexity index is 999. The summed E-state index contributed by atoms with van der Waals surface area (Å²) in [5.74, 6) is -0.837. The number of unbranched alkanes of at least 4 members (excludes halogenated alkanes) is 2. The maximum Gasteiger partial charge on any atom is 0.271 e. The fraction of sp³-hybridized carbons (Fsp3) is 0.350. The van der Waals surface area contributed by atoms with Gasteiger partial charge in [0.25, 0.3) is 5.56 Å². The Hall–Kier alpha value is -2.49. The number of carbonyl (C=O) groups is 1. The Kier molecular flexibility index (Phi) is 7.11. The summed E-state index contributed by atoms with van der Waals surface area (Å²) in [5, 5.41) is 20.4. The molecule has 0 saturated carbocycles. The first kappa shape index (κ1) is 21.8. The summed E-state index contributed by atoms with van der Waals surface area (Å²) in [6.45, 7) is 3.67. The first-order chi connectivity index (χ1) is 13.3. The molecule has 2 rings (SSSR count). The SMILES string of the molecule is CCCCCn1c(O)c(C(=O)c2cc(Cl)c(OC)c(Cl)c2)c(C)c(C#N)c1=O. The van der Waals surface area contributed by atoms with E-state index in [2.05, 4.69) is 0 Å². The largest absolute Gasteiger partial charge is 0.494 e. The zero-order chi connectivity index (χ0) is 21.0. The van der Waals surface area contributed by atoms with Crippen LogP contribution in [0.4, 0.5) is 0 Å². The second kappa shape index (κ2) is 9.13. The Morgan fingerprint density at radius 1 is 1.29 bits per heavy atom. The number of nitriles is 1. The molecule has 0 aliphatic rings. The van der Waals surface area contributed by atoms with Crippen LogP contribution in [0.2, 0.25) is 10.0 Å². The van der Waals surface area contributed by atoms with E-state index in [9.17, 15) is 20.0 Å². The fourth-order valence-corrected chi connectivity index (χ4v) is 3.62. The average molecular weight is 423 g/mol. The molecule has 0 unspecified atom stereocenters. The summed E-state index contributed by atoms with van der Waals surface area (Å²) in [6.07, 6.45) is 2.39. The van der Waals surface area contributed by atoms with Gasteiger partial charge in [0.05, 0.1) is 22.7 Å². The number of carbonyl (C=O) groups excluding carboxylic acids is 1. The molecule has 0 amide bonds. The molecule has 0 fully saturated rings. The fourth-order valence-electron chi connectivity index (χ4n) is 2.98. The van der Waals surface area contributed by atoms with Crippen molar-refractivity contribution < 1.29 is 14.6 Å². The number of hydrogen-bond acceptors (Lipinski definition) is 5. The highest BCUT2D eigenvalue weighted by Crippen LogP contribution is 2.35. The van der Waals surface area contributed by atoms with E-state index in [1.807, 2.05) is 13.0 Å². The Morgan fingerprint density at radius 3 is 2.39 bits per heavy atom. The molecule has 0 bridgehead atoms. The smallest absolute Gasteiger partial charge is 0.271 e. The van der Waals surface area contributed by atoms with Crippen LogP contribution in [0.5, 0.6) is 11.6 Å². The Labute approximate surface area is 172 Å². The summed E-state index contributed by atoms with van der Waals surface area (Å²) in [7, 11) is 1.40. The molecule has 6 nitrogen and oxygen atoms in total. The van der Waals surface area contributed by atoms with E-state index in [0.717, 1.165) is 17.4 Å². The van der Waals surface area contributed by atoms with Crippen LogP contribution in [0, 0.1) is 18.3 Å². The van der Waals surface area contributed by atoms with E-state index in [0.29, 0.717) is 6.42 Å². The molecule has 148 valence electrons. The first-order valence-electron chi connectivity index (χ1n) is 8.72. The topological polar surface area (TPSA) is 92.3 Å². The lowest BCUT2D eigenvalue weighted by Gasteiger charge is -2.16. The number of pyridine rings is 1. The number of methoxy groups -OCH3 is 1. The molecule has 1 heterocycles. The second-order valence-electron chi connectivity index (χ2n) is 6.28. The van der Waals surface area contributed by atoms with Crippen molar-refractivity contribution in [1.29, 1.82) is 5.26 Å². The quantitative estimate of drug-likeness (QED) is 0.524. The highest BCUT2D eigenvalue weighted by molar-refractivity contribution is 6.38. The van der Waals surface area contributed by atoms with Gasteiger partial charge < -0.3 is 9.84 Å². The van der Waals surface area contributed by atoms with Crippen molar-refractivity contribution in [1.82, 2.24) is 4.57 Å². The molecule has 0 spiro atoms. The maximum atomic E-state index is 13.1. The van der Waals surface area contributed by atoms with Gasteiger partial charge in [0.1, 0.15) is 11.6 Å². The van der Waals surface area contributed by atoms with Crippen molar-refractivity contribution in [3.05, 3.63) is 54.8 Å². The van der Waals surface area contributed by atoms with Crippen LogP contribution in [0.3, 0.4) is 0 Å². The number of rotatable bonds is 7. The van der Waals surface area contributed by atoms with Gasteiger partial charge in [0.15, 0.2) is 11.5 Å². The van der Waals surface area contributed by atoms with E-state index >= 15 is 0 Å². The number of ketones is 1. The number of halogens is 2. The van der Waals surface area contributed by atoms with Crippen LogP contribution in [0.1, 0.15) is 53.2 Å². The second-order valence-corrected chi connectivity index (χ2v) is 7.09.